The summed E-state index contributed by atoms with van der Waals surface area (Å²) in [6, 6.07) is 1.10. The van der Waals surface area contributed by atoms with E-state index < -0.39 is 17.4 Å². The molecule has 0 spiro atoms. The maximum Gasteiger partial charge on any atom is 0.274 e. The Morgan fingerprint density at radius 3 is 2.42 bits per heavy atom. The van der Waals surface area contributed by atoms with Crippen LogP contribution in [0.15, 0.2) is 12.3 Å². The van der Waals surface area contributed by atoms with E-state index >= 15 is 0 Å². The van der Waals surface area contributed by atoms with Gasteiger partial charge >= 0.3 is 0 Å². The molecule has 0 atom stereocenters. The van der Waals surface area contributed by atoms with Crippen molar-refractivity contribution in [2.24, 2.45) is 0 Å². The van der Waals surface area contributed by atoms with E-state index in [4.69, 9.17) is 0 Å². The maximum absolute atomic E-state index is 12.7. The van der Waals surface area contributed by atoms with Gasteiger partial charge in [-0.25, -0.2) is 13.8 Å². The zero-order chi connectivity index (χ0) is 9.35. The van der Waals surface area contributed by atoms with Gasteiger partial charge in [0.25, 0.3) is 5.92 Å². The second-order valence-corrected chi connectivity index (χ2v) is 2.74. The summed E-state index contributed by atoms with van der Waals surface area (Å²) in [6.07, 6.45) is 1.21. The van der Waals surface area contributed by atoms with Crippen LogP contribution in [0.25, 0.3) is 0 Å². The Morgan fingerprint density at radius 2 is 2.00 bits per heavy atom. The Labute approximate surface area is 68.2 Å². The summed E-state index contributed by atoms with van der Waals surface area (Å²) in [4.78, 5) is 3.20. The van der Waals surface area contributed by atoms with Gasteiger partial charge in [0, 0.05) is 13.1 Å². The lowest BCUT2D eigenvalue weighted by atomic mass is 10.1. The van der Waals surface area contributed by atoms with Crippen molar-refractivity contribution in [3.63, 3.8) is 0 Å². The van der Waals surface area contributed by atoms with Crippen molar-refractivity contribution in [2.75, 3.05) is 0 Å². The smallest absolute Gasteiger partial charge is 0.228 e. The molecule has 0 N–H and O–H groups in total. The Kier molecular flexibility index (Phi) is 2.08. The summed E-state index contributed by atoms with van der Waals surface area (Å²) < 4.78 is 37.9. The number of aromatic nitrogens is 1. The third-order valence-electron chi connectivity index (χ3n) is 1.45. The number of pyridine rings is 1. The van der Waals surface area contributed by atoms with E-state index in [0.717, 1.165) is 6.07 Å². The van der Waals surface area contributed by atoms with Gasteiger partial charge in [0.2, 0.25) is 5.95 Å². The van der Waals surface area contributed by atoms with Gasteiger partial charge in [-0.05, 0) is 18.6 Å². The van der Waals surface area contributed by atoms with Crippen LogP contribution in [0.4, 0.5) is 13.2 Å². The fraction of sp³-hybridized carbons (Fsp3) is 0.375. The van der Waals surface area contributed by atoms with Crippen LogP contribution in [-0.4, -0.2) is 4.98 Å². The molecule has 1 rings (SSSR count). The lowest BCUT2D eigenvalue weighted by molar-refractivity contribution is 0.0129. The molecule has 0 amide bonds. The lowest BCUT2D eigenvalue weighted by Crippen LogP contribution is -2.11. The fourth-order valence-corrected chi connectivity index (χ4v) is 0.860. The Balaban J connectivity index is 3.23. The average molecular weight is 175 g/mol. The third-order valence-corrected chi connectivity index (χ3v) is 1.45. The molecule has 0 bridgehead atoms. The lowest BCUT2D eigenvalue weighted by Gasteiger charge is -2.10. The Hall–Kier alpha value is -1.06. The first-order chi connectivity index (χ1) is 5.41. The van der Waals surface area contributed by atoms with Crippen LogP contribution in [0, 0.1) is 12.9 Å². The minimum Gasteiger partial charge on any atom is -0.228 e. The van der Waals surface area contributed by atoms with Gasteiger partial charge in [-0.3, -0.25) is 0 Å². The Morgan fingerprint density at radius 1 is 1.42 bits per heavy atom. The molecular weight excluding hydrogens is 167 g/mol. The summed E-state index contributed by atoms with van der Waals surface area (Å²) in [5.74, 6) is -4.27. The number of halogens is 3. The summed E-state index contributed by atoms with van der Waals surface area (Å²) in [5.41, 5.74) is -0.129. The summed E-state index contributed by atoms with van der Waals surface area (Å²) in [7, 11) is 0. The van der Waals surface area contributed by atoms with Crippen molar-refractivity contribution in [3.05, 3.63) is 29.3 Å². The second kappa shape index (κ2) is 2.77. The maximum atomic E-state index is 12.7. The molecule has 1 aromatic rings. The van der Waals surface area contributed by atoms with E-state index in [9.17, 15) is 13.2 Å². The molecule has 4 heteroatoms. The van der Waals surface area contributed by atoms with Gasteiger partial charge in [-0.2, -0.15) is 4.39 Å². The number of hydrogen-bond donors (Lipinski definition) is 0. The Bertz CT molecular complexity index is 291. The molecule has 0 aliphatic rings. The van der Waals surface area contributed by atoms with E-state index in [2.05, 4.69) is 4.98 Å². The van der Waals surface area contributed by atoms with Gasteiger partial charge in [-0.1, -0.05) is 0 Å². The van der Waals surface area contributed by atoms with Gasteiger partial charge in [0.15, 0.2) is 0 Å². The van der Waals surface area contributed by atoms with Crippen molar-refractivity contribution in [2.45, 2.75) is 19.8 Å². The third kappa shape index (κ3) is 1.75. The van der Waals surface area contributed by atoms with Crippen molar-refractivity contribution < 1.29 is 13.2 Å². The highest BCUT2D eigenvalue weighted by Crippen LogP contribution is 2.28. The predicted octanol–water partition coefficient (Wildman–Crippen LogP) is 2.64. The van der Waals surface area contributed by atoms with Crippen molar-refractivity contribution in [1.82, 2.24) is 4.98 Å². The molecule has 0 saturated carbocycles. The number of hydrogen-bond acceptors (Lipinski definition) is 1. The van der Waals surface area contributed by atoms with Gasteiger partial charge in [-0.15, -0.1) is 0 Å². The predicted molar refractivity (Wildman–Crippen MR) is 38.5 cm³/mol. The molecular formula is C8H8F3N. The molecule has 0 aliphatic carbocycles. The highest BCUT2D eigenvalue weighted by atomic mass is 19.3. The average Bonchev–Trinajstić information content (AvgIpc) is 1.92. The summed E-state index contributed by atoms with van der Waals surface area (Å²) >= 11 is 0. The van der Waals surface area contributed by atoms with E-state index in [1.807, 2.05) is 0 Å². The zero-order valence-corrected chi connectivity index (χ0v) is 6.74. The fourth-order valence-electron chi connectivity index (χ4n) is 0.860. The molecule has 0 radical (unpaired) electrons. The van der Waals surface area contributed by atoms with E-state index in [1.165, 1.54) is 6.20 Å². The highest BCUT2D eigenvalue weighted by molar-refractivity contribution is 5.21. The van der Waals surface area contributed by atoms with Crippen molar-refractivity contribution in [3.8, 4) is 0 Å². The summed E-state index contributed by atoms with van der Waals surface area (Å²) in [6.45, 7) is 2.23. The summed E-state index contributed by atoms with van der Waals surface area (Å²) in [5, 5.41) is 0. The van der Waals surface area contributed by atoms with Gasteiger partial charge in [0.05, 0.1) is 5.56 Å². The molecule has 0 aliphatic heterocycles. The molecule has 1 nitrogen and oxygen atoms in total. The first-order valence-corrected chi connectivity index (χ1v) is 3.41. The largest absolute Gasteiger partial charge is 0.274 e. The molecule has 0 fully saturated rings. The first kappa shape index (κ1) is 9.03. The molecule has 0 saturated heterocycles. The number of rotatable bonds is 1. The van der Waals surface area contributed by atoms with Crippen LogP contribution in [0.5, 0.6) is 0 Å². The standard InChI is InChI=1S/C8H8F3N/c1-5-3-6(8(2,10)11)7(9)12-4-5/h3-4H,1-2H3. The number of nitrogens with zero attached hydrogens (tertiary/aromatic N) is 1. The van der Waals surface area contributed by atoms with E-state index in [0.29, 0.717) is 12.5 Å². The highest BCUT2D eigenvalue weighted by Gasteiger charge is 2.28. The van der Waals surface area contributed by atoms with Crippen LogP contribution < -0.4 is 0 Å². The topological polar surface area (TPSA) is 12.9 Å². The van der Waals surface area contributed by atoms with Gasteiger partial charge < -0.3 is 0 Å². The van der Waals surface area contributed by atoms with Crippen LogP contribution in [0.1, 0.15) is 18.1 Å². The quantitative estimate of drug-likeness (QED) is 0.598. The monoisotopic (exact) mass is 175 g/mol. The first-order valence-electron chi connectivity index (χ1n) is 3.41. The molecule has 0 unspecified atom stereocenters. The molecule has 1 aromatic heterocycles. The second-order valence-electron chi connectivity index (χ2n) is 2.74. The van der Waals surface area contributed by atoms with Crippen LogP contribution in [0.3, 0.4) is 0 Å². The molecule has 66 valence electrons. The minimum atomic E-state index is -3.16. The zero-order valence-electron chi connectivity index (χ0n) is 6.74. The minimum absolute atomic E-state index is 0.521. The molecule has 1 heterocycles. The number of alkyl halides is 2. The van der Waals surface area contributed by atoms with E-state index in [1.54, 1.807) is 6.92 Å². The van der Waals surface area contributed by atoms with Crippen molar-refractivity contribution in [1.29, 1.82) is 0 Å². The molecule has 12 heavy (non-hydrogen) atoms. The van der Waals surface area contributed by atoms with Crippen LogP contribution in [-0.2, 0) is 5.92 Å². The van der Waals surface area contributed by atoms with Crippen LogP contribution >= 0.6 is 0 Å². The SMILES string of the molecule is Cc1cnc(F)c(C(C)(F)F)c1. The normalized spacial score (nSPS) is 11.8. The number of aryl methyl sites for hydroxylation is 1. The molecule has 0 aromatic carbocycles. The van der Waals surface area contributed by atoms with Crippen LogP contribution in [0.2, 0.25) is 0 Å². The van der Waals surface area contributed by atoms with Gasteiger partial charge in [0.1, 0.15) is 0 Å². The van der Waals surface area contributed by atoms with E-state index in [-0.39, 0.29) is 0 Å². The van der Waals surface area contributed by atoms with Crippen molar-refractivity contribution >= 4 is 0 Å².